The standard InChI is InChI=1S/C20H15ClO4S2/c1-14-12-16(13-15-10-11-26-19-8-4-2-7-18(15)19)27(25-21(22,23)24)20-9-5-3-6-17(14)20/h2-13H,1H3/b15-13+. The summed E-state index contributed by atoms with van der Waals surface area (Å²) in [6.45, 7) is 1.96. The van der Waals surface area contributed by atoms with Crippen molar-refractivity contribution in [1.82, 2.24) is 0 Å². The molecule has 0 radical (unpaired) electrons. The molecule has 0 N–H and O–H groups in total. The summed E-state index contributed by atoms with van der Waals surface area (Å²) in [4.78, 5) is 2.47. The lowest BCUT2D eigenvalue weighted by Gasteiger charge is -2.21. The third kappa shape index (κ3) is 3.97. The van der Waals surface area contributed by atoms with Crippen LogP contribution < -0.4 is 14.0 Å². The number of hydrogen-bond donors (Lipinski definition) is 0. The Labute approximate surface area is 166 Å². The van der Waals surface area contributed by atoms with Gasteiger partial charge in [0.1, 0.15) is 14.5 Å². The average molecular weight is 419 g/mol. The van der Waals surface area contributed by atoms with E-state index in [1.54, 1.807) is 17.8 Å². The number of halogens is 1. The molecular formula is C20H15ClO4S2. The summed E-state index contributed by atoms with van der Waals surface area (Å²) >= 11 is 1.63. The Balaban J connectivity index is 1.91. The second kappa shape index (κ2) is 7.41. The van der Waals surface area contributed by atoms with Crippen LogP contribution in [0.15, 0.2) is 82.0 Å². The maximum absolute atomic E-state index is 11.4. The zero-order valence-electron chi connectivity index (χ0n) is 14.3. The van der Waals surface area contributed by atoms with Gasteiger partial charge < -0.3 is 0 Å². The van der Waals surface area contributed by atoms with Crippen LogP contribution >= 0.6 is 22.5 Å². The summed E-state index contributed by atoms with van der Waals surface area (Å²) in [5.74, 6) is 0. The van der Waals surface area contributed by atoms with Crippen molar-refractivity contribution in [2.45, 2.75) is 16.7 Å². The number of thioether (sulfide) groups is 1. The summed E-state index contributed by atoms with van der Waals surface area (Å²) in [5, 5.41) is 1.99. The van der Waals surface area contributed by atoms with Crippen LogP contribution in [0.1, 0.15) is 18.1 Å². The van der Waals surface area contributed by atoms with Crippen LogP contribution in [0.4, 0.5) is 0 Å². The Bertz CT molecular complexity index is 1030. The lowest BCUT2D eigenvalue weighted by molar-refractivity contribution is -1.91. The summed E-state index contributed by atoms with van der Waals surface area (Å²) in [5.41, 5.74) is 3.89. The highest BCUT2D eigenvalue weighted by Crippen LogP contribution is 2.43. The monoisotopic (exact) mass is 418 g/mol. The Hall–Kier alpha value is -1.64. The Morgan fingerprint density at radius 2 is 1.70 bits per heavy atom. The number of hydrogen-bond acceptors (Lipinski definition) is 5. The van der Waals surface area contributed by atoms with Crippen molar-refractivity contribution in [3.63, 3.8) is 0 Å². The fraction of sp³-hybridized carbons (Fsp3) is 0.0500. The molecule has 0 aliphatic carbocycles. The van der Waals surface area contributed by atoms with Gasteiger partial charge in [-0.25, -0.2) is 0 Å². The number of benzene rings is 2. The van der Waals surface area contributed by atoms with Gasteiger partial charge in [-0.2, -0.15) is 14.0 Å². The fourth-order valence-corrected chi connectivity index (χ4v) is 6.44. The first kappa shape index (κ1) is 18.7. The second-order valence-corrected chi connectivity index (χ2v) is 9.61. The molecule has 1 atom stereocenters. The minimum Gasteiger partial charge on any atom is -0.182 e. The first-order valence-corrected chi connectivity index (χ1v) is 11.3. The zero-order chi connectivity index (χ0) is 19.0. The molecule has 4 rings (SSSR count). The van der Waals surface area contributed by atoms with E-state index < -0.39 is 21.0 Å². The van der Waals surface area contributed by atoms with Gasteiger partial charge in [-0.15, -0.1) is 0 Å². The second-order valence-electron chi connectivity index (χ2n) is 5.95. The Kier molecular flexibility index (Phi) is 5.13. The van der Waals surface area contributed by atoms with E-state index in [4.69, 9.17) is 3.74 Å². The molecule has 0 bridgehead atoms. The van der Waals surface area contributed by atoms with Crippen LogP contribution in [-0.4, -0.2) is 4.86 Å². The summed E-state index contributed by atoms with van der Waals surface area (Å²) in [6.07, 6.45) is 5.77. The van der Waals surface area contributed by atoms with Gasteiger partial charge in [0, 0.05) is 9.76 Å². The summed E-state index contributed by atoms with van der Waals surface area (Å²) in [7, 11) is -5.87. The maximum atomic E-state index is 11.4. The predicted octanol–water partition coefficient (Wildman–Crippen LogP) is 2.44. The molecule has 0 saturated carbocycles. The maximum Gasteiger partial charge on any atom is 0.147 e. The molecule has 0 fully saturated rings. The van der Waals surface area contributed by atoms with Crippen molar-refractivity contribution in [2.75, 3.05) is 0 Å². The average Bonchev–Trinajstić information content (AvgIpc) is 2.64. The van der Waals surface area contributed by atoms with Crippen molar-refractivity contribution in [2.24, 2.45) is 0 Å². The number of fused-ring (bicyclic) bond motifs is 2. The lowest BCUT2D eigenvalue weighted by atomic mass is 10.0. The molecule has 2 aromatic rings. The smallest absolute Gasteiger partial charge is 0.147 e. The quantitative estimate of drug-likeness (QED) is 0.565. The van der Waals surface area contributed by atoms with Gasteiger partial charge in [-0.1, -0.05) is 48.2 Å². The number of rotatable bonds is 3. The van der Waals surface area contributed by atoms with Crippen molar-refractivity contribution < 1.29 is 28.0 Å². The third-order valence-electron chi connectivity index (χ3n) is 4.16. The molecule has 2 aromatic carbocycles. The number of allylic oxidation sites excluding steroid dienone is 5. The van der Waals surface area contributed by atoms with E-state index in [-0.39, 0.29) is 0 Å². The van der Waals surface area contributed by atoms with Gasteiger partial charge in [0.2, 0.25) is 0 Å². The van der Waals surface area contributed by atoms with Crippen LogP contribution in [0, 0.1) is 10.2 Å². The van der Waals surface area contributed by atoms with Gasteiger partial charge in [0.05, 0.1) is 15.1 Å². The molecule has 4 nitrogen and oxygen atoms in total. The van der Waals surface area contributed by atoms with E-state index in [1.807, 2.05) is 73.0 Å². The summed E-state index contributed by atoms with van der Waals surface area (Å²) < 4.78 is 39.0. The molecule has 2 aliphatic rings. The Morgan fingerprint density at radius 1 is 1.00 bits per heavy atom. The van der Waals surface area contributed by atoms with Crippen molar-refractivity contribution in [1.29, 1.82) is 0 Å². The van der Waals surface area contributed by atoms with E-state index in [0.29, 0.717) is 9.76 Å². The molecule has 0 saturated heterocycles. The molecular weight excluding hydrogens is 404 g/mol. The van der Waals surface area contributed by atoms with Crippen LogP contribution in [0.3, 0.4) is 0 Å². The van der Waals surface area contributed by atoms with E-state index in [1.165, 1.54) is 0 Å². The van der Waals surface area contributed by atoms with Crippen LogP contribution in [-0.2, 0) is 3.74 Å². The molecule has 1 unspecified atom stereocenters. The van der Waals surface area contributed by atoms with Gasteiger partial charge in [-0.3, -0.25) is 0 Å². The third-order valence-corrected chi connectivity index (χ3v) is 7.59. The van der Waals surface area contributed by atoms with E-state index >= 15 is 0 Å². The molecule has 0 spiro atoms. The van der Waals surface area contributed by atoms with Crippen molar-refractivity contribution in [3.8, 4) is 0 Å². The van der Waals surface area contributed by atoms with Crippen LogP contribution in [0.5, 0.6) is 0 Å². The first-order valence-electron chi connectivity index (χ1n) is 8.06. The predicted molar refractivity (Wildman–Crippen MR) is 101 cm³/mol. The highest BCUT2D eigenvalue weighted by atomic mass is 35.7. The molecule has 2 heterocycles. The van der Waals surface area contributed by atoms with Gasteiger partial charge >= 0.3 is 0 Å². The molecule has 0 aromatic heterocycles. The highest BCUT2D eigenvalue weighted by Gasteiger charge is 2.30. The van der Waals surface area contributed by atoms with E-state index in [9.17, 15) is 14.0 Å². The largest absolute Gasteiger partial charge is 0.182 e. The highest BCUT2D eigenvalue weighted by molar-refractivity contribution is 8.12. The van der Waals surface area contributed by atoms with E-state index in [0.717, 1.165) is 27.2 Å². The molecule has 0 amide bonds. The van der Waals surface area contributed by atoms with Gasteiger partial charge in [0.25, 0.3) is 0 Å². The minimum absolute atomic E-state index is 0.652. The molecule has 2 aliphatic heterocycles. The summed E-state index contributed by atoms with van der Waals surface area (Å²) in [6, 6.07) is 15.4. The van der Waals surface area contributed by atoms with Crippen molar-refractivity contribution >= 4 is 38.5 Å². The minimum atomic E-state index is -4.56. The molecule has 27 heavy (non-hydrogen) atoms. The fourth-order valence-electron chi connectivity index (χ4n) is 3.03. The van der Waals surface area contributed by atoms with Crippen LogP contribution in [0.25, 0.3) is 11.1 Å². The van der Waals surface area contributed by atoms with E-state index in [2.05, 4.69) is 0 Å². The topological polar surface area (TPSA) is 78.4 Å². The van der Waals surface area contributed by atoms with Gasteiger partial charge in [0.15, 0.2) is 0 Å². The molecule has 7 heteroatoms. The molecule has 138 valence electrons. The normalized spacial score (nSPS) is 20.3. The SMILES string of the molecule is CC1=CC(/C=C2\C=CSc3ccccc32)=S(O[Cl+3]([O-])([O-])[O-])c2ccccc21. The van der Waals surface area contributed by atoms with Crippen LogP contribution in [0.2, 0.25) is 0 Å². The Morgan fingerprint density at radius 3 is 2.48 bits per heavy atom. The lowest BCUT2D eigenvalue weighted by Crippen LogP contribution is -2.60. The first-order chi connectivity index (χ1) is 12.9. The van der Waals surface area contributed by atoms with Crippen molar-refractivity contribution in [3.05, 3.63) is 83.3 Å². The zero-order valence-corrected chi connectivity index (χ0v) is 16.6. The van der Waals surface area contributed by atoms with Gasteiger partial charge in [-0.05, 0) is 65.0 Å².